The van der Waals surface area contributed by atoms with Gasteiger partial charge in [0.25, 0.3) is 5.91 Å². The van der Waals surface area contributed by atoms with Gasteiger partial charge in [0, 0.05) is 25.4 Å². The fraction of sp³-hybridized carbons (Fsp3) is 0.353. The molecule has 1 aromatic carbocycles. The zero-order chi connectivity index (χ0) is 15.9. The number of nitrogens with zero attached hydrogens (tertiary/aromatic N) is 2. The van der Waals surface area contributed by atoms with E-state index in [0.717, 1.165) is 22.2 Å². The van der Waals surface area contributed by atoms with E-state index in [2.05, 4.69) is 10.3 Å². The molecule has 0 atom stereocenters. The van der Waals surface area contributed by atoms with Crippen LogP contribution in [-0.4, -0.2) is 40.8 Å². The number of fused-ring (bicyclic) bond motifs is 1. The topological polar surface area (TPSA) is 62.3 Å². The average molecular weight is 297 g/mol. The van der Waals surface area contributed by atoms with E-state index < -0.39 is 0 Å². The van der Waals surface area contributed by atoms with E-state index in [1.54, 1.807) is 4.90 Å². The Morgan fingerprint density at radius 3 is 2.64 bits per heavy atom. The van der Waals surface area contributed by atoms with Gasteiger partial charge in [-0.3, -0.25) is 14.6 Å². The Bertz CT molecular complexity index is 764. The first-order valence-corrected chi connectivity index (χ1v) is 7.38. The number of aromatic nitrogens is 1. The van der Waals surface area contributed by atoms with Gasteiger partial charge in [0.15, 0.2) is 0 Å². The van der Waals surface area contributed by atoms with Gasteiger partial charge in [-0.15, -0.1) is 0 Å². The SMILES string of the molecule is CC(=O)N1CC(NC(=O)c2cc3cc(C)ccc3nc2C)C1. The quantitative estimate of drug-likeness (QED) is 0.919. The lowest BCUT2D eigenvalue weighted by atomic mass is 10.1. The molecule has 1 saturated heterocycles. The molecule has 2 aromatic rings. The summed E-state index contributed by atoms with van der Waals surface area (Å²) in [6.07, 6.45) is 0. The number of likely N-dealkylation sites (tertiary alicyclic amines) is 1. The van der Waals surface area contributed by atoms with Crippen molar-refractivity contribution in [2.45, 2.75) is 26.8 Å². The summed E-state index contributed by atoms with van der Waals surface area (Å²) in [4.78, 5) is 29.8. The molecule has 5 heteroatoms. The van der Waals surface area contributed by atoms with Gasteiger partial charge in [-0.05, 0) is 32.0 Å². The van der Waals surface area contributed by atoms with E-state index in [1.807, 2.05) is 38.1 Å². The Kier molecular flexibility index (Phi) is 3.56. The fourth-order valence-corrected chi connectivity index (χ4v) is 2.71. The molecule has 1 aromatic heterocycles. The Balaban J connectivity index is 1.79. The molecule has 3 rings (SSSR count). The number of aryl methyl sites for hydroxylation is 2. The van der Waals surface area contributed by atoms with Gasteiger partial charge in [-0.1, -0.05) is 11.6 Å². The molecule has 0 saturated carbocycles. The van der Waals surface area contributed by atoms with E-state index in [1.165, 1.54) is 6.92 Å². The standard InChI is InChI=1S/C17H19N3O2/c1-10-4-5-16-13(6-10)7-15(11(2)18-16)17(22)19-14-8-20(9-14)12(3)21/h4-7,14H,8-9H2,1-3H3,(H,19,22). The van der Waals surface area contributed by atoms with Crippen LogP contribution in [0.1, 0.15) is 28.5 Å². The van der Waals surface area contributed by atoms with Crippen molar-refractivity contribution in [3.8, 4) is 0 Å². The van der Waals surface area contributed by atoms with Crippen molar-refractivity contribution in [1.29, 1.82) is 0 Å². The third-order valence-corrected chi connectivity index (χ3v) is 4.07. The molecule has 0 spiro atoms. The zero-order valence-corrected chi connectivity index (χ0v) is 13.0. The summed E-state index contributed by atoms with van der Waals surface area (Å²) in [6, 6.07) is 7.93. The summed E-state index contributed by atoms with van der Waals surface area (Å²) in [7, 11) is 0. The average Bonchev–Trinajstić information content (AvgIpc) is 2.41. The second kappa shape index (κ2) is 5.40. The molecular weight excluding hydrogens is 278 g/mol. The molecule has 2 amide bonds. The molecule has 114 valence electrons. The van der Waals surface area contributed by atoms with Crippen molar-refractivity contribution in [2.75, 3.05) is 13.1 Å². The van der Waals surface area contributed by atoms with E-state index in [4.69, 9.17) is 0 Å². The van der Waals surface area contributed by atoms with Crippen LogP contribution in [0.4, 0.5) is 0 Å². The van der Waals surface area contributed by atoms with Gasteiger partial charge in [0.2, 0.25) is 5.91 Å². The molecule has 22 heavy (non-hydrogen) atoms. The van der Waals surface area contributed by atoms with Crippen LogP contribution in [0.5, 0.6) is 0 Å². The molecule has 0 bridgehead atoms. The van der Waals surface area contributed by atoms with Crippen LogP contribution in [0.15, 0.2) is 24.3 Å². The highest BCUT2D eigenvalue weighted by Gasteiger charge is 2.30. The molecule has 1 N–H and O–H groups in total. The van der Waals surface area contributed by atoms with Gasteiger partial charge < -0.3 is 10.2 Å². The predicted octanol–water partition coefficient (Wildman–Crippen LogP) is 1.81. The van der Waals surface area contributed by atoms with Crippen LogP contribution in [0.25, 0.3) is 10.9 Å². The molecular formula is C17H19N3O2. The lowest BCUT2D eigenvalue weighted by Gasteiger charge is -2.38. The minimum absolute atomic E-state index is 0.0315. The summed E-state index contributed by atoms with van der Waals surface area (Å²) < 4.78 is 0. The predicted molar refractivity (Wildman–Crippen MR) is 84.7 cm³/mol. The Morgan fingerprint density at radius 1 is 1.23 bits per heavy atom. The van der Waals surface area contributed by atoms with E-state index in [-0.39, 0.29) is 17.9 Å². The lowest BCUT2D eigenvalue weighted by molar-refractivity contribution is -0.133. The molecule has 1 aliphatic rings. The zero-order valence-electron chi connectivity index (χ0n) is 13.0. The number of rotatable bonds is 2. The van der Waals surface area contributed by atoms with E-state index in [9.17, 15) is 9.59 Å². The van der Waals surface area contributed by atoms with E-state index in [0.29, 0.717) is 18.7 Å². The molecule has 0 aliphatic carbocycles. The van der Waals surface area contributed by atoms with E-state index >= 15 is 0 Å². The molecule has 0 unspecified atom stereocenters. The minimum Gasteiger partial charge on any atom is -0.346 e. The number of amides is 2. The maximum absolute atomic E-state index is 12.4. The number of carbonyl (C=O) groups is 2. The maximum atomic E-state index is 12.4. The third-order valence-electron chi connectivity index (χ3n) is 4.07. The molecule has 5 nitrogen and oxygen atoms in total. The highest BCUT2D eigenvalue weighted by Crippen LogP contribution is 2.18. The molecule has 2 heterocycles. The largest absolute Gasteiger partial charge is 0.346 e. The van der Waals surface area contributed by atoms with Crippen molar-refractivity contribution in [1.82, 2.24) is 15.2 Å². The van der Waals surface area contributed by atoms with Gasteiger partial charge >= 0.3 is 0 Å². The summed E-state index contributed by atoms with van der Waals surface area (Å²) in [5.41, 5.74) is 3.35. The number of benzene rings is 1. The van der Waals surface area contributed by atoms with Crippen LogP contribution >= 0.6 is 0 Å². The van der Waals surface area contributed by atoms with Crippen LogP contribution in [0.3, 0.4) is 0 Å². The smallest absolute Gasteiger partial charge is 0.253 e. The second-order valence-corrected chi connectivity index (χ2v) is 5.91. The molecule has 1 fully saturated rings. The first-order chi connectivity index (χ1) is 10.4. The minimum atomic E-state index is -0.124. The molecule has 1 aliphatic heterocycles. The van der Waals surface area contributed by atoms with Crippen molar-refractivity contribution in [2.24, 2.45) is 0 Å². The van der Waals surface area contributed by atoms with Gasteiger partial charge in [-0.2, -0.15) is 0 Å². The van der Waals surface area contributed by atoms with Gasteiger partial charge in [0.1, 0.15) is 0 Å². The number of pyridine rings is 1. The first-order valence-electron chi connectivity index (χ1n) is 7.38. The van der Waals surface area contributed by atoms with Crippen LogP contribution < -0.4 is 5.32 Å². The summed E-state index contributed by atoms with van der Waals surface area (Å²) in [5, 5.41) is 3.93. The normalized spacial score (nSPS) is 14.8. The highest BCUT2D eigenvalue weighted by atomic mass is 16.2. The lowest BCUT2D eigenvalue weighted by Crippen LogP contribution is -2.60. The Hall–Kier alpha value is -2.43. The Morgan fingerprint density at radius 2 is 1.95 bits per heavy atom. The first kappa shape index (κ1) is 14.5. The van der Waals surface area contributed by atoms with Crippen LogP contribution in [-0.2, 0) is 4.79 Å². The van der Waals surface area contributed by atoms with Crippen molar-refractivity contribution >= 4 is 22.7 Å². The number of hydrogen-bond acceptors (Lipinski definition) is 3. The summed E-state index contributed by atoms with van der Waals surface area (Å²) >= 11 is 0. The fourth-order valence-electron chi connectivity index (χ4n) is 2.71. The Labute approximate surface area is 129 Å². The second-order valence-electron chi connectivity index (χ2n) is 5.91. The van der Waals surface area contributed by atoms with Gasteiger partial charge in [0.05, 0.1) is 22.8 Å². The third kappa shape index (κ3) is 2.66. The van der Waals surface area contributed by atoms with Gasteiger partial charge in [-0.25, -0.2) is 0 Å². The number of carbonyl (C=O) groups excluding carboxylic acids is 2. The van der Waals surface area contributed by atoms with Crippen molar-refractivity contribution in [3.63, 3.8) is 0 Å². The van der Waals surface area contributed by atoms with Crippen LogP contribution in [0.2, 0.25) is 0 Å². The monoisotopic (exact) mass is 297 g/mol. The number of nitrogens with one attached hydrogen (secondary N) is 1. The molecule has 0 radical (unpaired) electrons. The van der Waals surface area contributed by atoms with Crippen LogP contribution in [0, 0.1) is 13.8 Å². The highest BCUT2D eigenvalue weighted by molar-refractivity contribution is 5.99. The maximum Gasteiger partial charge on any atom is 0.253 e. The van der Waals surface area contributed by atoms with Crippen molar-refractivity contribution in [3.05, 3.63) is 41.1 Å². The summed E-state index contributed by atoms with van der Waals surface area (Å²) in [5.74, 6) is -0.0777. The number of hydrogen-bond donors (Lipinski definition) is 1. The summed E-state index contributed by atoms with van der Waals surface area (Å²) in [6.45, 7) is 6.57. The van der Waals surface area contributed by atoms with Crippen molar-refractivity contribution < 1.29 is 9.59 Å².